The highest BCUT2D eigenvalue weighted by Gasteiger charge is 2.08. The van der Waals surface area contributed by atoms with Gasteiger partial charge in [0.15, 0.2) is 12.4 Å². The average Bonchev–Trinajstić information content (AvgIpc) is 2.47. The molecule has 5 heteroatoms. The minimum absolute atomic E-state index is 0.0560. The van der Waals surface area contributed by atoms with Crippen molar-refractivity contribution in [2.24, 2.45) is 5.92 Å². The minimum atomic E-state index is -0.353. The average molecular weight is 198 g/mol. The summed E-state index contributed by atoms with van der Waals surface area (Å²) >= 11 is 0. The molecule has 1 aromatic rings. The maximum absolute atomic E-state index is 10.5. The first kappa shape index (κ1) is 10.7. The number of carbonyl (C=O) groups excluding carboxylic acids is 1. The molecular formula is C9H14N2O3. The van der Waals surface area contributed by atoms with Crippen LogP contribution < -0.4 is 0 Å². The molecule has 0 spiro atoms. The first-order chi connectivity index (χ1) is 6.58. The molecule has 0 saturated heterocycles. The Bertz CT molecular complexity index is 307. The Hall–Kier alpha value is -1.39. The Morgan fingerprint density at radius 1 is 1.57 bits per heavy atom. The molecule has 0 unspecified atom stereocenters. The van der Waals surface area contributed by atoms with Gasteiger partial charge in [0.1, 0.15) is 0 Å². The number of carbonyl (C=O) groups is 1. The smallest absolute Gasteiger partial charge is 0.303 e. The predicted octanol–water partition coefficient (Wildman–Crippen LogP) is 1.33. The lowest BCUT2D eigenvalue weighted by molar-refractivity contribution is -0.143. The van der Waals surface area contributed by atoms with Crippen LogP contribution in [0.1, 0.15) is 32.5 Å². The van der Waals surface area contributed by atoms with Gasteiger partial charge in [-0.2, -0.15) is 4.98 Å². The van der Waals surface area contributed by atoms with Crippen LogP contribution in [0.5, 0.6) is 0 Å². The Morgan fingerprint density at radius 2 is 2.29 bits per heavy atom. The number of hydrogen-bond donors (Lipinski definition) is 0. The molecular weight excluding hydrogens is 184 g/mol. The van der Waals surface area contributed by atoms with Crippen molar-refractivity contribution >= 4 is 5.97 Å². The summed E-state index contributed by atoms with van der Waals surface area (Å²) in [5.74, 6) is 1.13. The third-order valence-corrected chi connectivity index (χ3v) is 1.50. The molecule has 0 saturated carbocycles. The number of hydrogen-bond acceptors (Lipinski definition) is 5. The number of ether oxygens (including phenoxy) is 1. The van der Waals surface area contributed by atoms with Gasteiger partial charge in [0.2, 0.25) is 0 Å². The van der Waals surface area contributed by atoms with Crippen LogP contribution in [-0.4, -0.2) is 16.1 Å². The third kappa shape index (κ3) is 3.55. The number of aromatic nitrogens is 2. The van der Waals surface area contributed by atoms with E-state index >= 15 is 0 Å². The summed E-state index contributed by atoms with van der Waals surface area (Å²) in [6.07, 6.45) is 0.767. The highest BCUT2D eigenvalue weighted by atomic mass is 16.6. The summed E-state index contributed by atoms with van der Waals surface area (Å²) in [5, 5.41) is 3.76. The molecule has 0 aliphatic rings. The van der Waals surface area contributed by atoms with Crippen LogP contribution in [0.25, 0.3) is 0 Å². The minimum Gasteiger partial charge on any atom is -0.456 e. The Morgan fingerprint density at radius 3 is 2.86 bits per heavy atom. The second-order valence-electron chi connectivity index (χ2n) is 3.48. The second-order valence-corrected chi connectivity index (χ2v) is 3.48. The molecule has 1 heterocycles. The lowest BCUT2D eigenvalue weighted by Crippen LogP contribution is -2.00. The lowest BCUT2D eigenvalue weighted by Gasteiger charge is -1.96. The molecule has 14 heavy (non-hydrogen) atoms. The summed E-state index contributed by atoms with van der Waals surface area (Å²) < 4.78 is 9.59. The SMILES string of the molecule is CC(=O)OCc1nc(CC(C)C)no1. The van der Waals surface area contributed by atoms with Crippen LogP contribution in [-0.2, 0) is 22.6 Å². The molecule has 0 amide bonds. The molecule has 0 aliphatic heterocycles. The van der Waals surface area contributed by atoms with Crippen LogP contribution >= 0.6 is 0 Å². The molecule has 0 fully saturated rings. The maximum Gasteiger partial charge on any atom is 0.303 e. The van der Waals surface area contributed by atoms with Crippen LogP contribution in [0.15, 0.2) is 4.52 Å². The van der Waals surface area contributed by atoms with E-state index < -0.39 is 0 Å². The van der Waals surface area contributed by atoms with E-state index in [2.05, 4.69) is 24.0 Å². The zero-order chi connectivity index (χ0) is 10.6. The fraction of sp³-hybridized carbons (Fsp3) is 0.667. The van der Waals surface area contributed by atoms with Crippen molar-refractivity contribution in [3.05, 3.63) is 11.7 Å². The molecule has 0 aromatic carbocycles. The van der Waals surface area contributed by atoms with Crippen molar-refractivity contribution in [1.29, 1.82) is 0 Å². The fourth-order valence-corrected chi connectivity index (χ4v) is 0.960. The largest absolute Gasteiger partial charge is 0.456 e. The van der Waals surface area contributed by atoms with Crippen LogP contribution in [0, 0.1) is 5.92 Å². The van der Waals surface area contributed by atoms with Gasteiger partial charge in [0.05, 0.1) is 0 Å². The number of rotatable bonds is 4. The zero-order valence-electron chi connectivity index (χ0n) is 8.61. The normalized spacial score (nSPS) is 10.6. The summed E-state index contributed by atoms with van der Waals surface area (Å²) in [5.41, 5.74) is 0. The molecule has 0 radical (unpaired) electrons. The van der Waals surface area contributed by atoms with E-state index in [1.54, 1.807) is 0 Å². The van der Waals surface area contributed by atoms with Gasteiger partial charge >= 0.3 is 5.97 Å². The van der Waals surface area contributed by atoms with E-state index in [1.807, 2.05) is 0 Å². The van der Waals surface area contributed by atoms with Gasteiger partial charge < -0.3 is 9.26 Å². The van der Waals surface area contributed by atoms with E-state index in [-0.39, 0.29) is 12.6 Å². The Balaban J connectivity index is 2.46. The van der Waals surface area contributed by atoms with Crippen LogP contribution in [0.3, 0.4) is 0 Å². The first-order valence-electron chi connectivity index (χ1n) is 4.52. The van der Waals surface area contributed by atoms with Gasteiger partial charge in [-0.15, -0.1) is 0 Å². The second kappa shape index (κ2) is 4.74. The fourth-order valence-electron chi connectivity index (χ4n) is 0.960. The Labute approximate surface area is 82.4 Å². The first-order valence-corrected chi connectivity index (χ1v) is 4.52. The van der Waals surface area contributed by atoms with E-state index in [9.17, 15) is 4.79 Å². The van der Waals surface area contributed by atoms with E-state index in [0.29, 0.717) is 17.6 Å². The van der Waals surface area contributed by atoms with Gasteiger partial charge in [0.25, 0.3) is 5.89 Å². The highest BCUT2D eigenvalue weighted by Crippen LogP contribution is 2.05. The zero-order valence-corrected chi connectivity index (χ0v) is 8.61. The summed E-state index contributed by atoms with van der Waals surface area (Å²) in [7, 11) is 0. The topological polar surface area (TPSA) is 65.2 Å². The molecule has 0 N–H and O–H groups in total. The number of esters is 1. The molecule has 78 valence electrons. The van der Waals surface area contributed by atoms with Crippen LogP contribution in [0.2, 0.25) is 0 Å². The van der Waals surface area contributed by atoms with Gasteiger partial charge in [0, 0.05) is 13.3 Å². The molecule has 1 aromatic heterocycles. The van der Waals surface area contributed by atoms with Crippen molar-refractivity contribution in [2.45, 2.75) is 33.8 Å². The van der Waals surface area contributed by atoms with E-state index in [4.69, 9.17) is 9.26 Å². The quantitative estimate of drug-likeness (QED) is 0.683. The van der Waals surface area contributed by atoms with Crippen molar-refractivity contribution in [3.8, 4) is 0 Å². The highest BCUT2D eigenvalue weighted by molar-refractivity contribution is 5.65. The van der Waals surface area contributed by atoms with E-state index in [1.165, 1.54) is 6.92 Å². The van der Waals surface area contributed by atoms with Crippen molar-refractivity contribution in [1.82, 2.24) is 10.1 Å². The van der Waals surface area contributed by atoms with Gasteiger partial charge in [-0.3, -0.25) is 4.79 Å². The molecule has 5 nitrogen and oxygen atoms in total. The Kier molecular flexibility index (Phi) is 3.62. The van der Waals surface area contributed by atoms with Gasteiger partial charge in [-0.1, -0.05) is 19.0 Å². The molecule has 0 aliphatic carbocycles. The lowest BCUT2D eigenvalue weighted by atomic mass is 10.1. The van der Waals surface area contributed by atoms with Crippen molar-refractivity contribution < 1.29 is 14.1 Å². The summed E-state index contributed by atoms with van der Waals surface area (Å²) in [6.45, 7) is 5.54. The van der Waals surface area contributed by atoms with E-state index in [0.717, 1.165) is 6.42 Å². The van der Waals surface area contributed by atoms with Crippen molar-refractivity contribution in [2.75, 3.05) is 0 Å². The summed E-state index contributed by atoms with van der Waals surface area (Å²) in [4.78, 5) is 14.6. The number of nitrogens with zero attached hydrogens (tertiary/aromatic N) is 2. The van der Waals surface area contributed by atoms with Gasteiger partial charge in [-0.05, 0) is 5.92 Å². The monoisotopic (exact) mass is 198 g/mol. The molecule has 1 rings (SSSR count). The standard InChI is InChI=1S/C9H14N2O3/c1-6(2)4-8-10-9(14-11-8)5-13-7(3)12/h6H,4-5H2,1-3H3. The summed E-state index contributed by atoms with van der Waals surface area (Å²) in [6, 6.07) is 0. The third-order valence-electron chi connectivity index (χ3n) is 1.50. The maximum atomic E-state index is 10.5. The van der Waals surface area contributed by atoms with Gasteiger partial charge in [-0.25, -0.2) is 0 Å². The van der Waals surface area contributed by atoms with Crippen molar-refractivity contribution in [3.63, 3.8) is 0 Å². The molecule has 0 bridgehead atoms. The predicted molar refractivity (Wildman–Crippen MR) is 48.3 cm³/mol. The van der Waals surface area contributed by atoms with Crippen LogP contribution in [0.4, 0.5) is 0 Å². The molecule has 0 atom stereocenters.